The van der Waals surface area contributed by atoms with Crippen molar-refractivity contribution in [2.45, 2.75) is 51.4 Å². The molecule has 2 atom stereocenters. The Balaban J connectivity index is 2.00. The number of amides is 2. The highest BCUT2D eigenvalue weighted by atomic mass is 35.5. The highest BCUT2D eigenvalue weighted by molar-refractivity contribution is 7.99. The van der Waals surface area contributed by atoms with Crippen molar-refractivity contribution >= 4 is 35.2 Å². The first-order chi connectivity index (χ1) is 14.4. The molecule has 6 heteroatoms. The van der Waals surface area contributed by atoms with Gasteiger partial charge in [0.2, 0.25) is 11.8 Å². The standard InChI is InChI=1S/C24H31ClN2O2S/c1-4-18(2)26-24(29)19(3)27(14-13-20-9-6-5-7-10-20)23(28)17-30-16-21-11-8-12-22(25)15-21/h5-12,15,18-19H,4,13-14,16-17H2,1-3H3,(H,26,29)/t18-,19-/m1/s1. The second-order valence-electron chi connectivity index (χ2n) is 7.44. The SMILES string of the molecule is CC[C@@H](C)NC(=O)[C@@H](C)N(CCc1ccccc1)C(=O)CSCc1cccc(Cl)c1. The molecule has 2 aromatic carbocycles. The number of nitrogens with zero attached hydrogens (tertiary/aromatic N) is 1. The number of halogens is 1. The highest BCUT2D eigenvalue weighted by Crippen LogP contribution is 2.18. The molecule has 1 N–H and O–H groups in total. The zero-order valence-corrected chi connectivity index (χ0v) is 19.5. The van der Waals surface area contributed by atoms with E-state index in [1.165, 1.54) is 11.8 Å². The average Bonchev–Trinajstić information content (AvgIpc) is 2.74. The Morgan fingerprint density at radius 3 is 2.43 bits per heavy atom. The second-order valence-corrected chi connectivity index (χ2v) is 8.86. The first kappa shape index (κ1) is 24.3. The number of hydrogen-bond donors (Lipinski definition) is 1. The molecule has 0 saturated heterocycles. The van der Waals surface area contributed by atoms with Crippen molar-refractivity contribution in [3.8, 4) is 0 Å². The van der Waals surface area contributed by atoms with Gasteiger partial charge in [-0.25, -0.2) is 0 Å². The molecule has 2 rings (SSSR count). The van der Waals surface area contributed by atoms with Crippen LogP contribution in [0.1, 0.15) is 38.3 Å². The molecule has 0 spiro atoms. The maximum absolute atomic E-state index is 13.0. The Kier molecular flexibility index (Phi) is 10.2. The van der Waals surface area contributed by atoms with Crippen LogP contribution in [0.15, 0.2) is 54.6 Å². The molecule has 0 bridgehead atoms. The molecule has 0 fully saturated rings. The normalized spacial score (nSPS) is 12.8. The van der Waals surface area contributed by atoms with Gasteiger partial charge in [0.1, 0.15) is 6.04 Å². The molecule has 30 heavy (non-hydrogen) atoms. The van der Waals surface area contributed by atoms with Crippen LogP contribution >= 0.6 is 23.4 Å². The fourth-order valence-electron chi connectivity index (χ4n) is 3.00. The van der Waals surface area contributed by atoms with Crippen molar-refractivity contribution in [3.63, 3.8) is 0 Å². The van der Waals surface area contributed by atoms with Gasteiger partial charge in [-0.2, -0.15) is 0 Å². The van der Waals surface area contributed by atoms with Gasteiger partial charge in [0.15, 0.2) is 0 Å². The van der Waals surface area contributed by atoms with E-state index in [9.17, 15) is 9.59 Å². The summed E-state index contributed by atoms with van der Waals surface area (Å²) in [7, 11) is 0. The van der Waals surface area contributed by atoms with Crippen LogP contribution in [-0.2, 0) is 21.8 Å². The fraction of sp³-hybridized carbons (Fsp3) is 0.417. The van der Waals surface area contributed by atoms with Gasteiger partial charge in [0.25, 0.3) is 0 Å². The van der Waals surface area contributed by atoms with Crippen molar-refractivity contribution in [2.75, 3.05) is 12.3 Å². The van der Waals surface area contributed by atoms with Gasteiger partial charge < -0.3 is 10.2 Å². The summed E-state index contributed by atoms with van der Waals surface area (Å²) in [4.78, 5) is 27.4. The van der Waals surface area contributed by atoms with Gasteiger partial charge >= 0.3 is 0 Å². The van der Waals surface area contributed by atoms with Crippen molar-refractivity contribution < 1.29 is 9.59 Å². The maximum atomic E-state index is 13.0. The van der Waals surface area contributed by atoms with E-state index in [-0.39, 0.29) is 17.9 Å². The van der Waals surface area contributed by atoms with Crippen molar-refractivity contribution in [3.05, 3.63) is 70.7 Å². The van der Waals surface area contributed by atoms with E-state index in [0.29, 0.717) is 29.5 Å². The number of nitrogens with one attached hydrogen (secondary N) is 1. The fourth-order valence-corrected chi connectivity index (χ4v) is 4.07. The molecule has 2 amide bonds. The topological polar surface area (TPSA) is 49.4 Å². The van der Waals surface area contributed by atoms with Crippen LogP contribution in [-0.4, -0.2) is 41.1 Å². The minimum Gasteiger partial charge on any atom is -0.352 e. The Hall–Kier alpha value is -1.98. The minimum atomic E-state index is -0.512. The Morgan fingerprint density at radius 1 is 1.07 bits per heavy atom. The van der Waals surface area contributed by atoms with Crippen molar-refractivity contribution in [1.29, 1.82) is 0 Å². The summed E-state index contributed by atoms with van der Waals surface area (Å²) in [5.41, 5.74) is 2.23. The van der Waals surface area contributed by atoms with E-state index >= 15 is 0 Å². The minimum absolute atomic E-state index is 0.0234. The lowest BCUT2D eigenvalue weighted by Crippen LogP contribution is -2.51. The van der Waals surface area contributed by atoms with Crippen LogP contribution in [0.5, 0.6) is 0 Å². The maximum Gasteiger partial charge on any atom is 0.242 e. The summed E-state index contributed by atoms with van der Waals surface area (Å²) in [5, 5.41) is 3.69. The van der Waals surface area contributed by atoms with Crippen LogP contribution in [0.3, 0.4) is 0 Å². The lowest BCUT2D eigenvalue weighted by atomic mass is 10.1. The molecule has 0 unspecified atom stereocenters. The summed E-state index contributed by atoms with van der Waals surface area (Å²) in [6.45, 7) is 6.32. The highest BCUT2D eigenvalue weighted by Gasteiger charge is 2.26. The number of carbonyl (C=O) groups is 2. The molecule has 162 valence electrons. The van der Waals surface area contributed by atoms with E-state index in [4.69, 9.17) is 11.6 Å². The van der Waals surface area contributed by atoms with Gasteiger partial charge in [-0.3, -0.25) is 9.59 Å². The zero-order valence-electron chi connectivity index (χ0n) is 17.9. The molecule has 0 aliphatic carbocycles. The molecule has 2 aromatic rings. The summed E-state index contributed by atoms with van der Waals surface area (Å²) in [6, 6.07) is 17.3. The Bertz CT molecular complexity index is 816. The predicted molar refractivity (Wildman–Crippen MR) is 127 cm³/mol. The lowest BCUT2D eigenvalue weighted by Gasteiger charge is -2.29. The van der Waals surface area contributed by atoms with Crippen molar-refractivity contribution in [2.24, 2.45) is 0 Å². The average molecular weight is 447 g/mol. The smallest absolute Gasteiger partial charge is 0.242 e. The van der Waals surface area contributed by atoms with Gasteiger partial charge in [0.05, 0.1) is 5.75 Å². The molecular weight excluding hydrogens is 416 g/mol. The Morgan fingerprint density at radius 2 is 1.77 bits per heavy atom. The van der Waals surface area contributed by atoms with E-state index in [0.717, 1.165) is 17.5 Å². The van der Waals surface area contributed by atoms with Crippen LogP contribution in [0.2, 0.25) is 5.02 Å². The summed E-state index contributed by atoms with van der Waals surface area (Å²) >= 11 is 7.58. The number of rotatable bonds is 11. The molecule has 0 heterocycles. The molecule has 0 radical (unpaired) electrons. The van der Waals surface area contributed by atoms with Crippen LogP contribution in [0.25, 0.3) is 0 Å². The lowest BCUT2D eigenvalue weighted by molar-refractivity contribution is -0.138. The van der Waals surface area contributed by atoms with Gasteiger partial charge in [-0.05, 0) is 49.9 Å². The number of thioether (sulfide) groups is 1. The molecule has 0 aromatic heterocycles. The number of hydrogen-bond acceptors (Lipinski definition) is 3. The van der Waals surface area contributed by atoms with Gasteiger partial charge in [0, 0.05) is 23.4 Å². The third kappa shape index (κ3) is 8.04. The van der Waals surface area contributed by atoms with Gasteiger partial charge in [-0.1, -0.05) is 61.0 Å². The molecule has 4 nitrogen and oxygen atoms in total. The van der Waals surface area contributed by atoms with E-state index < -0.39 is 6.04 Å². The second kappa shape index (κ2) is 12.7. The summed E-state index contributed by atoms with van der Waals surface area (Å²) in [6.07, 6.45) is 1.57. The molecule has 0 aliphatic rings. The molecule has 0 aliphatic heterocycles. The number of benzene rings is 2. The third-order valence-corrected chi connectivity index (χ3v) is 6.26. The first-order valence-corrected chi connectivity index (χ1v) is 11.9. The number of carbonyl (C=O) groups excluding carboxylic acids is 2. The molecule has 0 saturated carbocycles. The monoisotopic (exact) mass is 446 g/mol. The van der Waals surface area contributed by atoms with Crippen LogP contribution < -0.4 is 5.32 Å². The van der Waals surface area contributed by atoms with E-state index in [2.05, 4.69) is 5.32 Å². The van der Waals surface area contributed by atoms with Crippen LogP contribution in [0.4, 0.5) is 0 Å². The Labute approximate surface area is 189 Å². The quantitative estimate of drug-likeness (QED) is 0.531. The van der Waals surface area contributed by atoms with Gasteiger partial charge in [-0.15, -0.1) is 11.8 Å². The van der Waals surface area contributed by atoms with Crippen molar-refractivity contribution in [1.82, 2.24) is 10.2 Å². The third-order valence-electron chi connectivity index (χ3n) is 5.04. The largest absolute Gasteiger partial charge is 0.352 e. The van der Waals surface area contributed by atoms with Crippen LogP contribution in [0, 0.1) is 0 Å². The summed E-state index contributed by atoms with van der Waals surface area (Å²) < 4.78 is 0. The summed E-state index contributed by atoms with van der Waals surface area (Å²) in [5.74, 6) is 0.893. The first-order valence-electron chi connectivity index (χ1n) is 10.4. The van der Waals surface area contributed by atoms with E-state index in [1.54, 1.807) is 4.90 Å². The zero-order chi connectivity index (χ0) is 21.9. The van der Waals surface area contributed by atoms with E-state index in [1.807, 2.05) is 75.4 Å². The predicted octanol–water partition coefficient (Wildman–Crippen LogP) is 4.95. The molecular formula is C24H31ClN2O2S.